The second kappa shape index (κ2) is 6.83. The summed E-state index contributed by atoms with van der Waals surface area (Å²) in [5, 5.41) is 12.3. The molecule has 0 aliphatic rings. The first-order valence-electron chi connectivity index (χ1n) is 6.91. The normalized spacial score (nSPS) is 11.9. The number of aromatic hydroxyl groups is 1. The number of benzene rings is 1. The molecule has 0 unspecified atom stereocenters. The number of aromatic nitrogens is 2. The van der Waals surface area contributed by atoms with Crippen molar-refractivity contribution in [2.75, 3.05) is 0 Å². The molecule has 0 bridgehead atoms. The zero-order valence-electron chi connectivity index (χ0n) is 12.2. The highest BCUT2D eigenvalue weighted by molar-refractivity contribution is 5.76. The lowest BCUT2D eigenvalue weighted by atomic mass is 10.1. The van der Waals surface area contributed by atoms with Gasteiger partial charge >= 0.3 is 0 Å². The summed E-state index contributed by atoms with van der Waals surface area (Å²) >= 11 is 0. The molecule has 1 amide bonds. The summed E-state index contributed by atoms with van der Waals surface area (Å²) in [5.41, 5.74) is 2.54. The fraction of sp³-hybridized carbons (Fsp3) is 0.312. The first kappa shape index (κ1) is 15.0. The lowest BCUT2D eigenvalue weighted by molar-refractivity contribution is -0.121. The Bertz CT molecular complexity index is 628. The van der Waals surface area contributed by atoms with Crippen LogP contribution >= 0.6 is 0 Å². The summed E-state index contributed by atoms with van der Waals surface area (Å²) in [6.07, 6.45) is 4.21. The largest absolute Gasteiger partial charge is 0.508 e. The summed E-state index contributed by atoms with van der Waals surface area (Å²) in [6.45, 7) is 3.76. The van der Waals surface area contributed by atoms with Gasteiger partial charge in [0.15, 0.2) is 0 Å². The topological polar surface area (TPSA) is 75.1 Å². The van der Waals surface area contributed by atoms with E-state index >= 15 is 0 Å². The average molecular weight is 285 g/mol. The molecule has 2 rings (SSSR count). The van der Waals surface area contributed by atoms with Crippen molar-refractivity contribution in [3.8, 4) is 5.75 Å². The summed E-state index contributed by atoms with van der Waals surface area (Å²) in [5.74, 6) is 0.173. The summed E-state index contributed by atoms with van der Waals surface area (Å²) < 4.78 is 0. The van der Waals surface area contributed by atoms with Gasteiger partial charge in [0.1, 0.15) is 5.75 Å². The van der Waals surface area contributed by atoms with Crippen LogP contribution in [0.2, 0.25) is 0 Å². The number of nitrogens with one attached hydrogen (secondary N) is 1. The minimum Gasteiger partial charge on any atom is -0.508 e. The molecule has 21 heavy (non-hydrogen) atoms. The number of aryl methyl sites for hydroxylation is 2. The van der Waals surface area contributed by atoms with Crippen molar-refractivity contribution >= 4 is 5.91 Å². The highest BCUT2D eigenvalue weighted by Crippen LogP contribution is 2.14. The molecule has 5 nitrogen and oxygen atoms in total. The third kappa shape index (κ3) is 4.27. The third-order valence-corrected chi connectivity index (χ3v) is 3.26. The SMILES string of the molecule is Cc1nccnc1[C@H](C)NC(=O)CCc1cccc(O)c1. The summed E-state index contributed by atoms with van der Waals surface area (Å²) in [7, 11) is 0. The van der Waals surface area contributed by atoms with Crippen LogP contribution in [0.4, 0.5) is 0 Å². The zero-order chi connectivity index (χ0) is 15.2. The maximum Gasteiger partial charge on any atom is 0.220 e. The number of carbonyl (C=O) groups is 1. The minimum absolute atomic E-state index is 0.0455. The van der Waals surface area contributed by atoms with Gasteiger partial charge in [-0.3, -0.25) is 14.8 Å². The highest BCUT2D eigenvalue weighted by atomic mass is 16.3. The van der Waals surface area contributed by atoms with Crippen molar-refractivity contribution in [3.63, 3.8) is 0 Å². The molecular weight excluding hydrogens is 266 g/mol. The molecule has 0 saturated carbocycles. The highest BCUT2D eigenvalue weighted by Gasteiger charge is 2.13. The van der Waals surface area contributed by atoms with E-state index < -0.39 is 0 Å². The van der Waals surface area contributed by atoms with Crippen LogP contribution in [0.5, 0.6) is 5.75 Å². The Morgan fingerprint density at radius 2 is 2.10 bits per heavy atom. The van der Waals surface area contributed by atoms with E-state index in [4.69, 9.17) is 0 Å². The van der Waals surface area contributed by atoms with Crippen LogP contribution in [0.15, 0.2) is 36.7 Å². The number of amides is 1. The van der Waals surface area contributed by atoms with Crippen LogP contribution in [0, 0.1) is 6.92 Å². The van der Waals surface area contributed by atoms with Gasteiger partial charge < -0.3 is 10.4 Å². The fourth-order valence-corrected chi connectivity index (χ4v) is 2.20. The maximum atomic E-state index is 12.0. The van der Waals surface area contributed by atoms with Gasteiger partial charge in [0.05, 0.1) is 17.4 Å². The molecule has 110 valence electrons. The first-order chi connectivity index (χ1) is 10.1. The van der Waals surface area contributed by atoms with Crippen molar-refractivity contribution in [2.24, 2.45) is 0 Å². The standard InChI is InChI=1S/C16H19N3O2/c1-11-16(18-9-8-17-11)12(2)19-15(21)7-6-13-4-3-5-14(20)10-13/h3-5,8-10,12,20H,6-7H2,1-2H3,(H,19,21)/t12-/m0/s1. The molecule has 0 fully saturated rings. The second-order valence-electron chi connectivity index (χ2n) is 4.99. The predicted molar refractivity (Wildman–Crippen MR) is 79.8 cm³/mol. The lowest BCUT2D eigenvalue weighted by Gasteiger charge is -2.14. The van der Waals surface area contributed by atoms with Gasteiger partial charge in [-0.05, 0) is 38.0 Å². The molecule has 1 aromatic carbocycles. The van der Waals surface area contributed by atoms with E-state index in [0.717, 1.165) is 17.0 Å². The van der Waals surface area contributed by atoms with Crippen molar-refractivity contribution in [2.45, 2.75) is 32.7 Å². The van der Waals surface area contributed by atoms with Gasteiger partial charge in [0.25, 0.3) is 0 Å². The molecule has 0 spiro atoms. The smallest absolute Gasteiger partial charge is 0.220 e. The van der Waals surface area contributed by atoms with Crippen LogP contribution < -0.4 is 5.32 Å². The molecule has 1 heterocycles. The maximum absolute atomic E-state index is 12.0. The van der Waals surface area contributed by atoms with Crippen molar-refractivity contribution in [1.29, 1.82) is 0 Å². The van der Waals surface area contributed by atoms with E-state index in [1.165, 1.54) is 0 Å². The molecule has 5 heteroatoms. The number of hydrogen-bond donors (Lipinski definition) is 2. The molecule has 0 saturated heterocycles. The molecule has 0 aliphatic heterocycles. The summed E-state index contributed by atoms with van der Waals surface area (Å²) in [4.78, 5) is 20.4. The number of rotatable bonds is 5. The van der Waals surface area contributed by atoms with E-state index in [0.29, 0.717) is 12.8 Å². The third-order valence-electron chi connectivity index (χ3n) is 3.26. The van der Waals surface area contributed by atoms with Crippen LogP contribution in [-0.2, 0) is 11.2 Å². The van der Waals surface area contributed by atoms with Crippen molar-refractivity contribution < 1.29 is 9.90 Å². The van der Waals surface area contributed by atoms with Crippen molar-refractivity contribution in [1.82, 2.24) is 15.3 Å². The van der Waals surface area contributed by atoms with E-state index in [1.54, 1.807) is 30.6 Å². The molecule has 0 radical (unpaired) electrons. The van der Waals surface area contributed by atoms with E-state index in [1.807, 2.05) is 19.9 Å². The van der Waals surface area contributed by atoms with Crippen LogP contribution in [0.25, 0.3) is 0 Å². The monoisotopic (exact) mass is 285 g/mol. The average Bonchev–Trinajstić information content (AvgIpc) is 2.45. The van der Waals surface area contributed by atoms with E-state index in [2.05, 4.69) is 15.3 Å². The fourth-order valence-electron chi connectivity index (χ4n) is 2.20. The Labute approximate surface area is 124 Å². The van der Waals surface area contributed by atoms with Crippen LogP contribution in [-0.4, -0.2) is 21.0 Å². The van der Waals surface area contributed by atoms with Crippen LogP contribution in [0.1, 0.15) is 36.3 Å². The second-order valence-corrected chi connectivity index (χ2v) is 4.99. The molecular formula is C16H19N3O2. The van der Waals surface area contributed by atoms with Gasteiger partial charge in [-0.1, -0.05) is 12.1 Å². The Hall–Kier alpha value is -2.43. The lowest BCUT2D eigenvalue weighted by Crippen LogP contribution is -2.28. The predicted octanol–water partition coefficient (Wildman–Crippen LogP) is 2.30. The van der Waals surface area contributed by atoms with Crippen LogP contribution in [0.3, 0.4) is 0 Å². The molecule has 2 N–H and O–H groups in total. The number of phenolic OH excluding ortho intramolecular Hbond substituents is 1. The Kier molecular flexibility index (Phi) is 4.87. The van der Waals surface area contributed by atoms with Gasteiger partial charge in [0, 0.05) is 18.8 Å². The minimum atomic E-state index is -0.171. The van der Waals surface area contributed by atoms with Gasteiger partial charge in [-0.15, -0.1) is 0 Å². The summed E-state index contributed by atoms with van der Waals surface area (Å²) in [6, 6.07) is 6.78. The Morgan fingerprint density at radius 3 is 2.81 bits per heavy atom. The van der Waals surface area contributed by atoms with Gasteiger partial charge in [-0.2, -0.15) is 0 Å². The van der Waals surface area contributed by atoms with E-state index in [-0.39, 0.29) is 17.7 Å². The Balaban J connectivity index is 1.89. The number of nitrogens with zero attached hydrogens (tertiary/aromatic N) is 2. The quantitative estimate of drug-likeness (QED) is 0.884. The zero-order valence-corrected chi connectivity index (χ0v) is 12.2. The van der Waals surface area contributed by atoms with Gasteiger partial charge in [0.2, 0.25) is 5.91 Å². The van der Waals surface area contributed by atoms with E-state index in [9.17, 15) is 9.90 Å². The number of phenols is 1. The molecule has 2 aromatic rings. The molecule has 1 atom stereocenters. The van der Waals surface area contributed by atoms with Gasteiger partial charge in [-0.25, -0.2) is 0 Å². The Morgan fingerprint density at radius 1 is 1.33 bits per heavy atom. The number of hydrogen-bond acceptors (Lipinski definition) is 4. The molecule has 1 aromatic heterocycles. The first-order valence-corrected chi connectivity index (χ1v) is 6.91. The molecule has 0 aliphatic carbocycles. The number of carbonyl (C=O) groups excluding carboxylic acids is 1. The van der Waals surface area contributed by atoms with Crippen molar-refractivity contribution in [3.05, 3.63) is 53.6 Å².